The Hall–Kier alpha value is -2.72. The molecule has 4 heteroatoms. The molecule has 3 aromatic carbocycles. The van der Waals surface area contributed by atoms with E-state index in [0.717, 1.165) is 48.6 Å². The van der Waals surface area contributed by atoms with E-state index in [-0.39, 0.29) is 0 Å². The number of carbonyl (C=O) groups is 1. The summed E-state index contributed by atoms with van der Waals surface area (Å²) < 4.78 is 12.2. The molecule has 0 aliphatic heterocycles. The van der Waals surface area contributed by atoms with Crippen LogP contribution in [-0.4, -0.2) is 24.9 Å². The number of thioether (sulfide) groups is 1. The molecule has 0 spiro atoms. The van der Waals surface area contributed by atoms with Crippen molar-refractivity contribution in [3.05, 3.63) is 82.4 Å². The van der Waals surface area contributed by atoms with Gasteiger partial charge in [-0.05, 0) is 120 Å². The molecule has 4 rings (SSSR count). The molecule has 1 aliphatic carbocycles. The lowest BCUT2D eigenvalue weighted by Crippen LogP contribution is -2.00. The van der Waals surface area contributed by atoms with Crippen molar-refractivity contribution < 1.29 is 14.3 Å². The second kappa shape index (κ2) is 11.8. The summed E-state index contributed by atoms with van der Waals surface area (Å²) in [6, 6.07) is 19.3. The monoisotopic (exact) mass is 488 g/mol. The van der Waals surface area contributed by atoms with Gasteiger partial charge in [0.2, 0.25) is 0 Å². The van der Waals surface area contributed by atoms with E-state index >= 15 is 0 Å². The van der Waals surface area contributed by atoms with E-state index in [9.17, 15) is 4.79 Å². The molecule has 3 nitrogen and oxygen atoms in total. The largest absolute Gasteiger partial charge is 0.494 e. The van der Waals surface area contributed by atoms with Crippen LogP contribution >= 0.6 is 11.8 Å². The number of hydrogen-bond acceptors (Lipinski definition) is 4. The van der Waals surface area contributed by atoms with Gasteiger partial charge in [0, 0.05) is 6.42 Å². The third kappa shape index (κ3) is 6.10. The summed E-state index contributed by atoms with van der Waals surface area (Å²) in [6.45, 7) is 7.83. The summed E-state index contributed by atoms with van der Waals surface area (Å²) in [5.74, 6) is 3.77. The molecule has 35 heavy (non-hydrogen) atoms. The summed E-state index contributed by atoms with van der Waals surface area (Å²) in [5.41, 5.74) is 8.68. The molecule has 2 unspecified atom stereocenters. The predicted octanol–water partition coefficient (Wildman–Crippen LogP) is 7.86. The van der Waals surface area contributed by atoms with Crippen molar-refractivity contribution in [3.8, 4) is 22.6 Å². The molecule has 0 aromatic heterocycles. The summed E-state index contributed by atoms with van der Waals surface area (Å²) in [7, 11) is 0. The lowest BCUT2D eigenvalue weighted by atomic mass is 9.94. The van der Waals surface area contributed by atoms with Crippen LogP contribution in [0.15, 0.2) is 54.6 Å². The second-order valence-corrected chi connectivity index (χ2v) is 10.6. The molecular weight excluding hydrogens is 452 g/mol. The van der Waals surface area contributed by atoms with E-state index in [2.05, 4.69) is 75.6 Å². The van der Waals surface area contributed by atoms with E-state index in [1.54, 1.807) is 0 Å². The molecule has 0 saturated heterocycles. The van der Waals surface area contributed by atoms with Crippen LogP contribution in [0.2, 0.25) is 0 Å². The fraction of sp³-hybridized carbons (Fsp3) is 0.387. The zero-order valence-electron chi connectivity index (χ0n) is 21.3. The van der Waals surface area contributed by atoms with Crippen molar-refractivity contribution in [2.24, 2.45) is 0 Å². The highest BCUT2D eigenvalue weighted by Crippen LogP contribution is 2.44. The lowest BCUT2D eigenvalue weighted by molar-refractivity contribution is -0.108. The summed E-state index contributed by atoms with van der Waals surface area (Å²) in [6.07, 6.45) is 5.88. The van der Waals surface area contributed by atoms with E-state index in [1.165, 1.54) is 33.4 Å². The smallest absolute Gasteiger partial charge is 0.120 e. The van der Waals surface area contributed by atoms with Crippen molar-refractivity contribution in [2.45, 2.75) is 58.5 Å². The Balaban J connectivity index is 1.46. The van der Waals surface area contributed by atoms with Crippen LogP contribution in [0, 0.1) is 13.8 Å². The van der Waals surface area contributed by atoms with Crippen LogP contribution in [0.25, 0.3) is 11.1 Å². The van der Waals surface area contributed by atoms with Gasteiger partial charge in [0.05, 0.1) is 6.61 Å². The summed E-state index contributed by atoms with van der Waals surface area (Å²) in [5, 5.41) is 0. The second-order valence-electron chi connectivity index (χ2n) is 9.64. The molecule has 2 atom stereocenters. The molecule has 0 amide bonds. The van der Waals surface area contributed by atoms with Crippen molar-refractivity contribution in [1.29, 1.82) is 0 Å². The van der Waals surface area contributed by atoms with Crippen LogP contribution in [0.1, 0.15) is 65.8 Å². The summed E-state index contributed by atoms with van der Waals surface area (Å²) in [4.78, 5) is 11.0. The van der Waals surface area contributed by atoms with Gasteiger partial charge in [-0.15, -0.1) is 0 Å². The minimum absolute atomic E-state index is 0.349. The first-order valence-corrected chi connectivity index (χ1v) is 13.9. The maximum atomic E-state index is 11.0. The first-order valence-electron chi connectivity index (χ1n) is 12.5. The number of fused-ring (bicyclic) bond motifs is 1. The fourth-order valence-corrected chi connectivity index (χ4v) is 5.71. The van der Waals surface area contributed by atoms with Gasteiger partial charge in [0.25, 0.3) is 0 Å². The van der Waals surface area contributed by atoms with Gasteiger partial charge in [0.1, 0.15) is 24.4 Å². The van der Waals surface area contributed by atoms with Gasteiger partial charge in [0.15, 0.2) is 0 Å². The van der Waals surface area contributed by atoms with Crippen LogP contribution in [0.3, 0.4) is 0 Å². The van der Waals surface area contributed by atoms with Crippen LogP contribution < -0.4 is 9.47 Å². The fourth-order valence-electron chi connectivity index (χ4n) is 5.30. The molecule has 0 N–H and O–H groups in total. The Labute approximate surface area is 214 Å². The van der Waals surface area contributed by atoms with E-state index < -0.39 is 0 Å². The number of ether oxygens (including phenoxy) is 2. The Kier molecular flexibility index (Phi) is 8.56. The van der Waals surface area contributed by atoms with Gasteiger partial charge < -0.3 is 14.3 Å². The normalized spacial score (nSPS) is 16.7. The number of aldehydes is 1. The van der Waals surface area contributed by atoms with Crippen molar-refractivity contribution in [3.63, 3.8) is 0 Å². The molecular formula is C31H36O3S. The highest BCUT2D eigenvalue weighted by atomic mass is 32.2. The molecule has 0 saturated carbocycles. The van der Waals surface area contributed by atoms with Gasteiger partial charge in [-0.3, -0.25) is 0 Å². The SMILES string of the molecule is CSCCCOc1cc(C)c(-c2cccc(COc3ccc4c(c3)C(C)CC4CC=O)c2)c(C)c1. The van der Waals surface area contributed by atoms with Crippen molar-refractivity contribution in [1.82, 2.24) is 0 Å². The Morgan fingerprint density at radius 1 is 0.971 bits per heavy atom. The van der Waals surface area contributed by atoms with E-state index in [1.807, 2.05) is 17.8 Å². The van der Waals surface area contributed by atoms with Crippen molar-refractivity contribution >= 4 is 18.0 Å². The Morgan fingerprint density at radius 3 is 2.51 bits per heavy atom. The van der Waals surface area contributed by atoms with Gasteiger partial charge in [-0.25, -0.2) is 0 Å². The average Bonchev–Trinajstić information content (AvgIpc) is 3.15. The molecule has 0 radical (unpaired) electrons. The van der Waals surface area contributed by atoms with Crippen LogP contribution in [-0.2, 0) is 11.4 Å². The number of benzene rings is 3. The quantitative estimate of drug-likeness (QED) is 0.203. The molecule has 3 aromatic rings. The number of aryl methyl sites for hydroxylation is 2. The van der Waals surface area contributed by atoms with Gasteiger partial charge >= 0.3 is 0 Å². The average molecular weight is 489 g/mol. The zero-order valence-corrected chi connectivity index (χ0v) is 22.1. The zero-order chi connectivity index (χ0) is 24.8. The third-order valence-electron chi connectivity index (χ3n) is 6.94. The minimum atomic E-state index is 0.349. The highest BCUT2D eigenvalue weighted by Gasteiger charge is 2.28. The third-order valence-corrected chi connectivity index (χ3v) is 7.63. The predicted molar refractivity (Wildman–Crippen MR) is 147 cm³/mol. The molecule has 0 fully saturated rings. The Morgan fingerprint density at radius 2 is 1.77 bits per heavy atom. The molecule has 184 valence electrons. The Bertz CT molecular complexity index is 1150. The van der Waals surface area contributed by atoms with Gasteiger partial charge in [-0.1, -0.05) is 31.2 Å². The van der Waals surface area contributed by atoms with Gasteiger partial charge in [-0.2, -0.15) is 11.8 Å². The topological polar surface area (TPSA) is 35.5 Å². The number of hydrogen-bond donors (Lipinski definition) is 0. The van der Waals surface area contributed by atoms with E-state index in [0.29, 0.717) is 24.9 Å². The maximum absolute atomic E-state index is 11.0. The number of carbonyl (C=O) groups excluding carboxylic acids is 1. The molecule has 1 aliphatic rings. The summed E-state index contributed by atoms with van der Waals surface area (Å²) >= 11 is 1.85. The molecule has 0 bridgehead atoms. The van der Waals surface area contributed by atoms with Crippen LogP contribution in [0.4, 0.5) is 0 Å². The maximum Gasteiger partial charge on any atom is 0.120 e. The highest BCUT2D eigenvalue weighted by molar-refractivity contribution is 7.98. The van der Waals surface area contributed by atoms with Crippen molar-refractivity contribution in [2.75, 3.05) is 18.6 Å². The minimum Gasteiger partial charge on any atom is -0.494 e. The molecule has 0 heterocycles. The number of rotatable bonds is 11. The first kappa shape index (κ1) is 25.4. The standard InChI is InChI=1S/C31H36O3S/c1-21-15-25(11-12-32)29-10-9-27(19-30(21)29)34-20-24-7-5-8-26(18-24)31-22(2)16-28(17-23(31)3)33-13-6-14-35-4/h5,7-10,12,16-19,21,25H,6,11,13-15,20H2,1-4H3. The first-order chi connectivity index (χ1) is 17.0. The van der Waals surface area contributed by atoms with E-state index in [4.69, 9.17) is 9.47 Å². The lowest BCUT2D eigenvalue weighted by Gasteiger charge is -2.15. The van der Waals surface area contributed by atoms with Crippen LogP contribution in [0.5, 0.6) is 11.5 Å².